The molecule has 5 nitrogen and oxygen atoms in total. The fraction of sp³-hybridized carbons (Fsp3) is 0.533. The minimum absolute atomic E-state index is 0.0674. The van der Waals surface area contributed by atoms with Crippen LogP contribution in [-0.2, 0) is 0 Å². The van der Waals surface area contributed by atoms with Crippen LogP contribution in [0.3, 0.4) is 0 Å². The Labute approximate surface area is 119 Å². The molecular formula is C15H22N2O3. The molecule has 1 amide bonds. The van der Waals surface area contributed by atoms with Gasteiger partial charge >= 0.3 is 0 Å². The quantitative estimate of drug-likeness (QED) is 0.862. The van der Waals surface area contributed by atoms with Crippen molar-refractivity contribution in [2.45, 2.75) is 32.2 Å². The molecule has 2 N–H and O–H groups in total. The molecule has 1 aliphatic heterocycles. The van der Waals surface area contributed by atoms with E-state index in [2.05, 4.69) is 13.8 Å². The number of amides is 1. The van der Waals surface area contributed by atoms with Crippen molar-refractivity contribution < 1.29 is 14.3 Å². The maximum atomic E-state index is 12.8. The molecule has 0 aliphatic carbocycles. The number of rotatable bonds is 3. The molecule has 0 spiro atoms. The average Bonchev–Trinajstić information content (AvgIpc) is 2.78. The van der Waals surface area contributed by atoms with Gasteiger partial charge in [0.05, 0.1) is 25.5 Å². The first-order valence-electron chi connectivity index (χ1n) is 6.74. The summed E-state index contributed by atoms with van der Waals surface area (Å²) in [4.78, 5) is 14.6. The molecule has 0 saturated carbocycles. The lowest BCUT2D eigenvalue weighted by Gasteiger charge is -2.32. The number of anilines is 1. The Morgan fingerprint density at radius 1 is 1.30 bits per heavy atom. The Balaban J connectivity index is 2.44. The van der Waals surface area contributed by atoms with Crippen LogP contribution in [0.5, 0.6) is 11.5 Å². The Hall–Kier alpha value is -1.91. The summed E-state index contributed by atoms with van der Waals surface area (Å²) < 4.78 is 10.4. The van der Waals surface area contributed by atoms with E-state index in [4.69, 9.17) is 15.2 Å². The largest absolute Gasteiger partial charge is 0.497 e. The van der Waals surface area contributed by atoms with Crippen molar-refractivity contribution in [3.63, 3.8) is 0 Å². The average molecular weight is 278 g/mol. The van der Waals surface area contributed by atoms with Gasteiger partial charge in [0.1, 0.15) is 11.5 Å². The van der Waals surface area contributed by atoms with Crippen molar-refractivity contribution in [3.05, 3.63) is 17.7 Å². The first-order chi connectivity index (χ1) is 9.40. The van der Waals surface area contributed by atoms with Crippen LogP contribution in [0.25, 0.3) is 0 Å². The van der Waals surface area contributed by atoms with Crippen molar-refractivity contribution in [3.8, 4) is 11.5 Å². The highest BCUT2D eigenvalue weighted by molar-refractivity contribution is 6.01. The number of nitrogens with zero attached hydrogens (tertiary/aromatic N) is 1. The zero-order valence-corrected chi connectivity index (χ0v) is 12.5. The van der Waals surface area contributed by atoms with Crippen LogP contribution in [0, 0.1) is 0 Å². The third kappa shape index (κ3) is 2.40. The van der Waals surface area contributed by atoms with Gasteiger partial charge in [0.15, 0.2) is 0 Å². The number of likely N-dealkylation sites (tertiary alicyclic amines) is 1. The van der Waals surface area contributed by atoms with Crippen LogP contribution in [0.2, 0.25) is 0 Å². The maximum absolute atomic E-state index is 12.8. The van der Waals surface area contributed by atoms with Gasteiger partial charge in [-0.25, -0.2) is 0 Å². The minimum Gasteiger partial charge on any atom is -0.497 e. The number of hydrogen-bond acceptors (Lipinski definition) is 4. The zero-order valence-electron chi connectivity index (χ0n) is 12.5. The second kappa shape index (κ2) is 5.23. The van der Waals surface area contributed by atoms with E-state index in [1.807, 2.05) is 4.90 Å². The number of hydrogen-bond donors (Lipinski definition) is 1. The topological polar surface area (TPSA) is 64.8 Å². The highest BCUT2D eigenvalue weighted by Crippen LogP contribution is 2.35. The van der Waals surface area contributed by atoms with Crippen LogP contribution in [0.4, 0.5) is 5.69 Å². The molecule has 1 heterocycles. The van der Waals surface area contributed by atoms with Crippen molar-refractivity contribution in [1.82, 2.24) is 4.90 Å². The number of nitrogen functional groups attached to an aromatic ring is 1. The lowest BCUT2D eigenvalue weighted by atomic mass is 10.0. The Kier molecular flexibility index (Phi) is 3.79. The summed E-state index contributed by atoms with van der Waals surface area (Å²) >= 11 is 0. The molecule has 0 bridgehead atoms. The van der Waals surface area contributed by atoms with Crippen molar-refractivity contribution in [2.24, 2.45) is 0 Å². The van der Waals surface area contributed by atoms with Crippen LogP contribution in [0.15, 0.2) is 12.1 Å². The van der Waals surface area contributed by atoms with E-state index in [9.17, 15) is 4.79 Å². The third-order valence-corrected chi connectivity index (χ3v) is 3.95. The fourth-order valence-corrected chi connectivity index (χ4v) is 2.69. The van der Waals surface area contributed by atoms with E-state index in [0.717, 1.165) is 19.4 Å². The van der Waals surface area contributed by atoms with Gasteiger partial charge in [-0.05, 0) is 32.8 Å². The molecule has 1 aromatic rings. The third-order valence-electron chi connectivity index (χ3n) is 3.95. The first-order valence-corrected chi connectivity index (χ1v) is 6.74. The summed E-state index contributed by atoms with van der Waals surface area (Å²) in [6.45, 7) is 4.90. The van der Waals surface area contributed by atoms with E-state index in [-0.39, 0.29) is 11.4 Å². The number of methoxy groups -OCH3 is 2. The molecule has 5 heteroatoms. The molecular weight excluding hydrogens is 256 g/mol. The van der Waals surface area contributed by atoms with E-state index < -0.39 is 0 Å². The molecule has 1 fully saturated rings. The molecule has 110 valence electrons. The van der Waals surface area contributed by atoms with E-state index >= 15 is 0 Å². The Morgan fingerprint density at radius 2 is 2.00 bits per heavy atom. The van der Waals surface area contributed by atoms with Gasteiger partial charge in [-0.2, -0.15) is 0 Å². The van der Waals surface area contributed by atoms with E-state index in [0.29, 0.717) is 22.7 Å². The van der Waals surface area contributed by atoms with Gasteiger partial charge in [-0.1, -0.05) is 0 Å². The standard InChI is InChI=1S/C15H22N2O3/c1-15(2)6-5-7-17(15)14(18)11-8-10(19-3)9-12(20-4)13(11)16/h8-9H,5-7,16H2,1-4H3. The van der Waals surface area contributed by atoms with Gasteiger partial charge in [0, 0.05) is 18.2 Å². The predicted molar refractivity (Wildman–Crippen MR) is 78.3 cm³/mol. The number of carbonyl (C=O) groups is 1. The molecule has 1 aromatic carbocycles. The highest BCUT2D eigenvalue weighted by Gasteiger charge is 2.36. The normalized spacial score (nSPS) is 17.1. The van der Waals surface area contributed by atoms with Crippen LogP contribution in [-0.4, -0.2) is 37.1 Å². The summed E-state index contributed by atoms with van der Waals surface area (Å²) in [5, 5.41) is 0. The van der Waals surface area contributed by atoms with E-state index in [1.54, 1.807) is 19.2 Å². The summed E-state index contributed by atoms with van der Waals surface area (Å²) in [7, 11) is 3.08. The highest BCUT2D eigenvalue weighted by atomic mass is 16.5. The minimum atomic E-state index is -0.139. The number of benzene rings is 1. The van der Waals surface area contributed by atoms with Crippen molar-refractivity contribution in [2.75, 3.05) is 26.5 Å². The van der Waals surface area contributed by atoms with Gasteiger partial charge < -0.3 is 20.1 Å². The molecule has 2 rings (SSSR count). The van der Waals surface area contributed by atoms with Crippen molar-refractivity contribution in [1.29, 1.82) is 0 Å². The lowest BCUT2D eigenvalue weighted by molar-refractivity contribution is 0.0652. The van der Waals surface area contributed by atoms with Crippen LogP contribution in [0.1, 0.15) is 37.0 Å². The monoisotopic (exact) mass is 278 g/mol. The molecule has 0 radical (unpaired) electrons. The second-order valence-electron chi connectivity index (χ2n) is 5.66. The molecule has 1 saturated heterocycles. The van der Waals surface area contributed by atoms with Crippen LogP contribution >= 0.6 is 0 Å². The van der Waals surface area contributed by atoms with Gasteiger partial charge in [-0.3, -0.25) is 4.79 Å². The number of ether oxygens (including phenoxy) is 2. The Bertz CT molecular complexity index is 526. The second-order valence-corrected chi connectivity index (χ2v) is 5.66. The first kappa shape index (κ1) is 14.5. The summed E-state index contributed by atoms with van der Waals surface area (Å²) in [5.41, 5.74) is 6.71. The van der Waals surface area contributed by atoms with Gasteiger partial charge in [-0.15, -0.1) is 0 Å². The number of nitrogens with two attached hydrogens (primary N) is 1. The molecule has 1 aliphatic rings. The fourth-order valence-electron chi connectivity index (χ4n) is 2.69. The number of carbonyl (C=O) groups excluding carboxylic acids is 1. The van der Waals surface area contributed by atoms with Crippen molar-refractivity contribution >= 4 is 11.6 Å². The zero-order chi connectivity index (χ0) is 14.9. The van der Waals surface area contributed by atoms with Crippen LogP contribution < -0.4 is 15.2 Å². The molecule has 0 atom stereocenters. The maximum Gasteiger partial charge on any atom is 0.256 e. The lowest BCUT2D eigenvalue weighted by Crippen LogP contribution is -2.42. The molecule has 0 unspecified atom stereocenters. The predicted octanol–water partition coefficient (Wildman–Crippen LogP) is 2.30. The Morgan fingerprint density at radius 3 is 2.50 bits per heavy atom. The smallest absolute Gasteiger partial charge is 0.256 e. The van der Waals surface area contributed by atoms with Gasteiger partial charge in [0.25, 0.3) is 5.91 Å². The van der Waals surface area contributed by atoms with E-state index in [1.165, 1.54) is 7.11 Å². The summed E-state index contributed by atoms with van der Waals surface area (Å²) in [5.74, 6) is 0.961. The molecule has 0 aromatic heterocycles. The summed E-state index contributed by atoms with van der Waals surface area (Å²) in [6.07, 6.45) is 2.01. The SMILES string of the molecule is COc1cc(OC)c(N)c(C(=O)N2CCCC2(C)C)c1. The molecule has 20 heavy (non-hydrogen) atoms. The summed E-state index contributed by atoms with van der Waals surface area (Å²) in [6, 6.07) is 3.36. The van der Waals surface area contributed by atoms with Gasteiger partial charge in [0.2, 0.25) is 0 Å².